The first-order chi connectivity index (χ1) is 17.9. The first-order valence-corrected chi connectivity index (χ1v) is 11.9. The van der Waals surface area contributed by atoms with Gasteiger partial charge >= 0.3 is 5.97 Å². The van der Waals surface area contributed by atoms with Gasteiger partial charge in [-0.15, -0.1) is 0 Å². The van der Waals surface area contributed by atoms with Gasteiger partial charge in [0.2, 0.25) is 0 Å². The average Bonchev–Trinajstić information content (AvgIpc) is 2.92. The van der Waals surface area contributed by atoms with Crippen LogP contribution in [0.4, 0.5) is 0 Å². The number of methoxy groups -OCH3 is 2. The Balaban J connectivity index is 1.60. The Bertz CT molecular complexity index is 1280. The Morgan fingerprint density at radius 2 is 1.73 bits per heavy atom. The van der Waals surface area contributed by atoms with Gasteiger partial charge < -0.3 is 29.2 Å². The van der Waals surface area contributed by atoms with E-state index in [1.807, 2.05) is 48.6 Å². The van der Waals surface area contributed by atoms with Crippen LogP contribution < -0.4 is 24.3 Å². The fourth-order valence-electron chi connectivity index (χ4n) is 4.27. The van der Waals surface area contributed by atoms with Crippen molar-refractivity contribution in [1.29, 1.82) is 0 Å². The van der Waals surface area contributed by atoms with Crippen LogP contribution in [0.1, 0.15) is 22.3 Å². The summed E-state index contributed by atoms with van der Waals surface area (Å²) in [4.78, 5) is 11.2. The maximum absolute atomic E-state index is 11.2. The van der Waals surface area contributed by atoms with E-state index in [1.54, 1.807) is 14.2 Å². The second-order valence-electron chi connectivity index (χ2n) is 8.57. The molecule has 1 aliphatic rings. The molecule has 0 fully saturated rings. The van der Waals surface area contributed by atoms with E-state index in [9.17, 15) is 15.0 Å². The third-order valence-corrected chi connectivity index (χ3v) is 6.32. The largest absolute Gasteiger partial charge is 0.496 e. The summed E-state index contributed by atoms with van der Waals surface area (Å²) in [6.45, 7) is 2.82. The van der Waals surface area contributed by atoms with Crippen LogP contribution in [-0.2, 0) is 11.3 Å². The number of ether oxygens (including phenoxy) is 4. The number of aliphatic carboxylic acids is 1. The van der Waals surface area contributed by atoms with Crippen molar-refractivity contribution in [2.75, 3.05) is 34.0 Å². The number of aliphatic hydroxyl groups is 1. The molecule has 0 spiro atoms. The van der Waals surface area contributed by atoms with E-state index in [0.29, 0.717) is 30.3 Å². The molecule has 3 N–H and O–H groups in total. The summed E-state index contributed by atoms with van der Waals surface area (Å²) in [5.74, 6) is 1.49. The van der Waals surface area contributed by atoms with Crippen molar-refractivity contribution in [2.24, 2.45) is 0 Å². The van der Waals surface area contributed by atoms with Gasteiger partial charge in [-0.1, -0.05) is 36.4 Å². The first kappa shape index (κ1) is 26.1. The van der Waals surface area contributed by atoms with E-state index in [-0.39, 0.29) is 6.54 Å². The van der Waals surface area contributed by atoms with Crippen LogP contribution in [-0.4, -0.2) is 56.3 Å². The minimum absolute atomic E-state index is 0.157. The maximum Gasteiger partial charge on any atom is 0.323 e. The normalized spacial score (nSPS) is 13.4. The first-order valence-electron chi connectivity index (χ1n) is 11.9. The predicted octanol–water partition coefficient (Wildman–Crippen LogP) is 4.16. The number of aliphatic hydroxyl groups excluding tert-OH is 1. The fraction of sp³-hybridized carbons (Fsp3) is 0.276. The van der Waals surface area contributed by atoms with Crippen molar-refractivity contribution in [3.63, 3.8) is 0 Å². The van der Waals surface area contributed by atoms with E-state index in [2.05, 4.69) is 24.4 Å². The molecule has 37 heavy (non-hydrogen) atoms. The lowest BCUT2D eigenvalue weighted by atomic mass is 9.95. The zero-order chi connectivity index (χ0) is 26.4. The van der Waals surface area contributed by atoms with E-state index in [0.717, 1.165) is 39.3 Å². The maximum atomic E-state index is 11.2. The Kier molecular flexibility index (Phi) is 8.32. The quantitative estimate of drug-likeness (QED) is 0.353. The lowest BCUT2D eigenvalue weighted by Gasteiger charge is -2.19. The molecule has 0 saturated heterocycles. The second kappa shape index (κ2) is 11.8. The molecule has 0 aliphatic carbocycles. The van der Waals surface area contributed by atoms with Crippen LogP contribution in [0.25, 0.3) is 23.3 Å². The number of fused-ring (bicyclic) bond motifs is 1. The molecule has 8 heteroatoms. The fourth-order valence-corrected chi connectivity index (χ4v) is 4.27. The minimum atomic E-state index is -1.13. The molecule has 1 heterocycles. The SMILES string of the molecule is COc1cc(C=Cc2cccc(-c3ccc4c(c3)OCCO4)c2C)cc(OC)c1CNC(CO)C(=O)O. The van der Waals surface area contributed by atoms with Gasteiger partial charge in [0.15, 0.2) is 11.5 Å². The molecular formula is C29H31NO7. The van der Waals surface area contributed by atoms with Crippen molar-refractivity contribution < 1.29 is 34.0 Å². The van der Waals surface area contributed by atoms with Gasteiger partial charge in [0.05, 0.1) is 20.8 Å². The van der Waals surface area contributed by atoms with Crippen LogP contribution in [0.15, 0.2) is 48.5 Å². The lowest BCUT2D eigenvalue weighted by molar-refractivity contribution is -0.140. The van der Waals surface area contributed by atoms with Crippen LogP contribution in [0, 0.1) is 6.92 Å². The summed E-state index contributed by atoms with van der Waals surface area (Å²) in [6.07, 6.45) is 4.02. The van der Waals surface area contributed by atoms with Crippen molar-refractivity contribution >= 4 is 18.1 Å². The highest BCUT2D eigenvalue weighted by molar-refractivity contribution is 5.79. The van der Waals surface area contributed by atoms with Crippen LogP contribution in [0.3, 0.4) is 0 Å². The molecule has 4 rings (SSSR count). The third kappa shape index (κ3) is 5.87. The van der Waals surface area contributed by atoms with Gasteiger partial charge in [0, 0.05) is 12.1 Å². The van der Waals surface area contributed by atoms with Crippen molar-refractivity contribution in [2.45, 2.75) is 19.5 Å². The molecular weight excluding hydrogens is 474 g/mol. The van der Waals surface area contributed by atoms with Gasteiger partial charge in [-0.3, -0.25) is 10.1 Å². The Morgan fingerprint density at radius 1 is 1.03 bits per heavy atom. The summed E-state index contributed by atoms with van der Waals surface area (Å²) in [5, 5.41) is 21.3. The zero-order valence-electron chi connectivity index (χ0n) is 21.1. The van der Waals surface area contributed by atoms with Gasteiger partial charge in [0.1, 0.15) is 30.8 Å². The number of carbonyl (C=O) groups is 1. The van der Waals surface area contributed by atoms with Crippen LogP contribution in [0.5, 0.6) is 23.0 Å². The monoisotopic (exact) mass is 505 g/mol. The van der Waals surface area contributed by atoms with Gasteiger partial charge in [-0.25, -0.2) is 0 Å². The standard InChI is InChI=1S/C29H31NO7/c1-18-20(5-4-6-22(18)21-9-10-25-28(15-21)37-12-11-36-25)8-7-19-13-26(34-2)23(27(14-19)35-3)16-30-24(17-31)29(32)33/h4-10,13-15,24,30-31H,11-12,16-17H2,1-3H3,(H,32,33). The van der Waals surface area contributed by atoms with E-state index in [1.165, 1.54) is 0 Å². The summed E-state index contributed by atoms with van der Waals surface area (Å²) >= 11 is 0. The summed E-state index contributed by atoms with van der Waals surface area (Å²) < 4.78 is 22.5. The van der Waals surface area contributed by atoms with Gasteiger partial charge in [0.25, 0.3) is 0 Å². The second-order valence-corrected chi connectivity index (χ2v) is 8.57. The predicted molar refractivity (Wildman–Crippen MR) is 141 cm³/mol. The van der Waals surface area contributed by atoms with E-state index in [4.69, 9.17) is 18.9 Å². The highest BCUT2D eigenvalue weighted by Crippen LogP contribution is 2.36. The number of hydrogen-bond acceptors (Lipinski definition) is 7. The highest BCUT2D eigenvalue weighted by atomic mass is 16.6. The van der Waals surface area contributed by atoms with E-state index < -0.39 is 18.6 Å². The number of rotatable bonds is 10. The molecule has 0 bridgehead atoms. The summed E-state index contributed by atoms with van der Waals surface area (Å²) in [7, 11) is 3.10. The zero-order valence-corrected chi connectivity index (χ0v) is 21.1. The topological polar surface area (TPSA) is 106 Å². The molecule has 0 amide bonds. The molecule has 3 aromatic rings. The average molecular weight is 506 g/mol. The van der Waals surface area contributed by atoms with Gasteiger partial charge in [-0.2, -0.15) is 0 Å². The number of carboxylic acids is 1. The van der Waals surface area contributed by atoms with Gasteiger partial charge in [-0.05, 0) is 59.0 Å². The van der Waals surface area contributed by atoms with Crippen LogP contribution >= 0.6 is 0 Å². The van der Waals surface area contributed by atoms with Crippen LogP contribution in [0.2, 0.25) is 0 Å². The number of carboxylic acid groups (broad SMARTS) is 1. The Morgan fingerprint density at radius 3 is 2.38 bits per heavy atom. The molecule has 3 aromatic carbocycles. The molecule has 1 atom stereocenters. The molecule has 8 nitrogen and oxygen atoms in total. The molecule has 0 aromatic heterocycles. The number of benzene rings is 3. The lowest BCUT2D eigenvalue weighted by Crippen LogP contribution is -2.39. The minimum Gasteiger partial charge on any atom is -0.496 e. The molecule has 0 saturated carbocycles. The van der Waals surface area contributed by atoms with Crippen molar-refractivity contribution in [3.8, 4) is 34.1 Å². The summed E-state index contributed by atoms with van der Waals surface area (Å²) in [5.41, 5.74) is 5.87. The highest BCUT2D eigenvalue weighted by Gasteiger charge is 2.19. The Hall–Kier alpha value is -4.01. The Labute approximate surface area is 216 Å². The third-order valence-electron chi connectivity index (χ3n) is 6.32. The smallest absolute Gasteiger partial charge is 0.323 e. The molecule has 1 aliphatic heterocycles. The number of nitrogens with one attached hydrogen (secondary N) is 1. The van der Waals surface area contributed by atoms with Crippen molar-refractivity contribution in [1.82, 2.24) is 5.32 Å². The molecule has 194 valence electrons. The molecule has 1 unspecified atom stereocenters. The van der Waals surface area contributed by atoms with E-state index >= 15 is 0 Å². The van der Waals surface area contributed by atoms with Crippen molar-refractivity contribution in [3.05, 3.63) is 70.8 Å². The molecule has 0 radical (unpaired) electrons. The summed E-state index contributed by atoms with van der Waals surface area (Å²) in [6, 6.07) is 14.8. The number of hydrogen-bond donors (Lipinski definition) is 3.